The van der Waals surface area contributed by atoms with Crippen molar-refractivity contribution in [1.82, 2.24) is 0 Å². The summed E-state index contributed by atoms with van der Waals surface area (Å²) in [5, 5.41) is 10.9. The van der Waals surface area contributed by atoms with Crippen LogP contribution in [0.1, 0.15) is 61.8 Å². The number of Topliss-reactive ketones (excluding diaryl/α,β-unsaturated/α-hetero) is 1. The highest BCUT2D eigenvalue weighted by Gasteiger charge is 2.66. The number of allylic oxidation sites excluding steroid dienone is 1. The molecule has 2 bridgehead atoms. The Bertz CT molecular complexity index is 908. The van der Waals surface area contributed by atoms with Crippen molar-refractivity contribution in [2.75, 3.05) is 0 Å². The molecule has 0 aromatic heterocycles. The predicted octanol–water partition coefficient (Wildman–Crippen LogP) is 7.99. The van der Waals surface area contributed by atoms with E-state index in [1.807, 2.05) is 19.1 Å². The third kappa shape index (κ3) is 4.63. The molecule has 0 amide bonds. The van der Waals surface area contributed by atoms with Gasteiger partial charge in [-0.15, -0.1) is 6.58 Å². The standard InChI is InChI=1S/C27H46BrNO3Si2/c1-14-26(9)21(31-33(10,11)24(3,4)5)15-19-18(2)22(30)20(28)16-27(26,17-29)23(19)32-34(12,13)25(6,7)8/h14,16,18-19,21,23H,1,15H2,2-13H3/t18?,19-,21+,23-,26-,27-/m1/s1. The van der Waals surface area contributed by atoms with E-state index in [0.29, 0.717) is 10.9 Å². The maximum Gasteiger partial charge on any atom is 0.192 e. The Morgan fingerprint density at radius 3 is 2.00 bits per heavy atom. The molecule has 2 aliphatic carbocycles. The van der Waals surface area contributed by atoms with Crippen LogP contribution in [0, 0.1) is 34.0 Å². The molecule has 1 fully saturated rings. The fraction of sp³-hybridized carbons (Fsp3) is 0.778. The van der Waals surface area contributed by atoms with Crippen LogP contribution in [-0.2, 0) is 13.6 Å². The van der Waals surface area contributed by atoms with E-state index in [9.17, 15) is 10.1 Å². The van der Waals surface area contributed by atoms with Gasteiger partial charge in [-0.3, -0.25) is 4.79 Å². The number of ketones is 1. The Labute approximate surface area is 218 Å². The second-order valence-corrected chi connectivity index (χ2v) is 24.0. The highest BCUT2D eigenvalue weighted by molar-refractivity contribution is 9.12. The van der Waals surface area contributed by atoms with Gasteiger partial charge in [0.05, 0.1) is 22.8 Å². The number of carbonyl (C=O) groups excluding carboxylic acids is 1. The lowest BCUT2D eigenvalue weighted by molar-refractivity contribution is -0.134. The lowest BCUT2D eigenvalue weighted by Gasteiger charge is -2.59. The van der Waals surface area contributed by atoms with E-state index in [1.54, 1.807) is 0 Å². The maximum atomic E-state index is 13.4. The molecule has 0 saturated heterocycles. The summed E-state index contributed by atoms with van der Waals surface area (Å²) in [6, 6.07) is 2.68. The number of hydrogen-bond donors (Lipinski definition) is 0. The molecule has 1 saturated carbocycles. The van der Waals surface area contributed by atoms with Gasteiger partial charge in [0.15, 0.2) is 22.4 Å². The predicted molar refractivity (Wildman–Crippen MR) is 150 cm³/mol. The molecule has 7 heteroatoms. The van der Waals surface area contributed by atoms with Crippen molar-refractivity contribution in [3.8, 4) is 6.07 Å². The normalized spacial score (nSPS) is 35.3. The molecule has 2 aliphatic rings. The van der Waals surface area contributed by atoms with Gasteiger partial charge in [0, 0.05) is 11.3 Å². The highest BCUT2D eigenvalue weighted by atomic mass is 79.9. The number of fused-ring (bicyclic) bond motifs is 2. The summed E-state index contributed by atoms with van der Waals surface area (Å²) < 4.78 is 14.6. The Balaban J connectivity index is 2.82. The van der Waals surface area contributed by atoms with Crippen LogP contribution in [0.3, 0.4) is 0 Å². The SMILES string of the molecule is C=C[C@]1(C)[C@@H](O[Si](C)(C)C(C)(C)C)C[C@@H]2C(C)C(=O)C(Br)=C[C@@]1(C#N)[C@@H]2O[Si](C)(C)C(C)(C)C. The van der Waals surface area contributed by atoms with Gasteiger partial charge in [-0.05, 0) is 70.6 Å². The molecule has 0 heterocycles. The lowest BCUT2D eigenvalue weighted by Crippen LogP contribution is -2.65. The minimum absolute atomic E-state index is 0.0202. The molecular weight excluding hydrogens is 522 g/mol. The molecule has 192 valence electrons. The summed E-state index contributed by atoms with van der Waals surface area (Å²) in [7, 11) is -4.43. The highest BCUT2D eigenvalue weighted by Crippen LogP contribution is 2.61. The topological polar surface area (TPSA) is 59.3 Å². The van der Waals surface area contributed by atoms with Gasteiger partial charge < -0.3 is 8.85 Å². The molecule has 0 aliphatic heterocycles. The summed E-state index contributed by atoms with van der Waals surface area (Å²) in [6.45, 7) is 30.5. The minimum atomic E-state index is -2.27. The van der Waals surface area contributed by atoms with Crippen molar-refractivity contribution in [2.24, 2.45) is 22.7 Å². The minimum Gasteiger partial charge on any atom is -0.413 e. The van der Waals surface area contributed by atoms with E-state index >= 15 is 0 Å². The lowest BCUT2D eigenvalue weighted by atomic mass is 9.51. The Morgan fingerprint density at radius 2 is 1.59 bits per heavy atom. The van der Waals surface area contributed by atoms with Gasteiger partial charge in [-0.25, -0.2) is 0 Å². The summed E-state index contributed by atoms with van der Waals surface area (Å²) in [4.78, 5) is 13.4. The number of hydrogen-bond acceptors (Lipinski definition) is 4. The van der Waals surface area contributed by atoms with Crippen LogP contribution in [0.4, 0.5) is 0 Å². The zero-order valence-corrected chi connectivity index (χ0v) is 27.0. The van der Waals surface area contributed by atoms with Crippen molar-refractivity contribution >= 4 is 38.3 Å². The van der Waals surface area contributed by atoms with Crippen LogP contribution in [-0.4, -0.2) is 34.6 Å². The number of nitrogens with zero attached hydrogens (tertiary/aromatic N) is 1. The Kier molecular flexibility index (Phi) is 7.94. The van der Waals surface area contributed by atoms with Crippen molar-refractivity contribution in [3.63, 3.8) is 0 Å². The van der Waals surface area contributed by atoms with Crippen LogP contribution in [0.25, 0.3) is 0 Å². The molecule has 4 nitrogen and oxygen atoms in total. The fourth-order valence-electron chi connectivity index (χ4n) is 4.81. The van der Waals surface area contributed by atoms with Gasteiger partial charge in [0.25, 0.3) is 0 Å². The first-order chi connectivity index (χ1) is 15.1. The van der Waals surface area contributed by atoms with Crippen molar-refractivity contribution in [1.29, 1.82) is 5.26 Å². The molecule has 6 atom stereocenters. The van der Waals surface area contributed by atoms with Crippen LogP contribution in [0.2, 0.25) is 36.3 Å². The van der Waals surface area contributed by atoms with Crippen LogP contribution in [0.15, 0.2) is 23.2 Å². The molecule has 1 unspecified atom stereocenters. The molecule has 0 radical (unpaired) electrons. The molecule has 2 rings (SSSR count). The third-order valence-electron chi connectivity index (χ3n) is 9.61. The van der Waals surface area contributed by atoms with E-state index in [4.69, 9.17) is 8.85 Å². The quantitative estimate of drug-likeness (QED) is 0.249. The molecular formula is C27H46BrNO3Si2. The van der Waals surface area contributed by atoms with Crippen molar-refractivity contribution in [2.45, 2.75) is 110 Å². The second kappa shape index (κ2) is 9.09. The van der Waals surface area contributed by atoms with E-state index in [2.05, 4.69) is 103 Å². The Hall–Kier alpha value is -0.526. The van der Waals surface area contributed by atoms with Crippen molar-refractivity contribution < 1.29 is 13.6 Å². The fourth-order valence-corrected chi connectivity index (χ4v) is 8.28. The van der Waals surface area contributed by atoms with Gasteiger partial charge in [0.1, 0.15) is 5.41 Å². The average Bonchev–Trinajstić information content (AvgIpc) is 2.74. The first-order valence-electron chi connectivity index (χ1n) is 12.4. The molecule has 0 aromatic rings. The average molecular weight is 569 g/mol. The van der Waals surface area contributed by atoms with Gasteiger partial charge >= 0.3 is 0 Å². The zero-order chi connectivity index (χ0) is 26.7. The monoisotopic (exact) mass is 567 g/mol. The third-order valence-corrected chi connectivity index (χ3v) is 19.2. The van der Waals surface area contributed by atoms with Crippen LogP contribution in [0.5, 0.6) is 0 Å². The summed E-state index contributed by atoms with van der Waals surface area (Å²) in [6.07, 6.45) is 3.74. The van der Waals surface area contributed by atoms with E-state index in [1.165, 1.54) is 0 Å². The summed E-state index contributed by atoms with van der Waals surface area (Å²) >= 11 is 3.55. The van der Waals surface area contributed by atoms with Gasteiger partial charge in [-0.2, -0.15) is 5.26 Å². The molecule has 0 N–H and O–H groups in total. The van der Waals surface area contributed by atoms with Crippen LogP contribution >= 0.6 is 15.9 Å². The van der Waals surface area contributed by atoms with Crippen LogP contribution < -0.4 is 0 Å². The summed E-state index contributed by atoms with van der Waals surface area (Å²) in [5.74, 6) is -0.379. The zero-order valence-electron chi connectivity index (χ0n) is 23.4. The number of carbonyl (C=O) groups is 1. The van der Waals surface area contributed by atoms with Crippen molar-refractivity contribution in [3.05, 3.63) is 23.2 Å². The van der Waals surface area contributed by atoms with E-state index in [0.717, 1.165) is 0 Å². The van der Waals surface area contributed by atoms with E-state index < -0.39 is 33.6 Å². The molecule has 34 heavy (non-hydrogen) atoms. The second-order valence-electron chi connectivity index (χ2n) is 13.7. The Morgan fingerprint density at radius 1 is 1.12 bits per heavy atom. The maximum absolute atomic E-state index is 13.4. The number of nitriles is 1. The molecule has 0 aromatic carbocycles. The summed E-state index contributed by atoms with van der Waals surface area (Å²) in [5.41, 5.74) is -1.82. The smallest absolute Gasteiger partial charge is 0.192 e. The first-order valence-corrected chi connectivity index (χ1v) is 19.1. The number of rotatable bonds is 5. The number of halogens is 1. The first kappa shape index (κ1) is 29.7. The van der Waals surface area contributed by atoms with Gasteiger partial charge in [-0.1, -0.05) is 61.5 Å². The molecule has 0 spiro atoms. The van der Waals surface area contributed by atoms with E-state index in [-0.39, 0.29) is 33.8 Å². The largest absolute Gasteiger partial charge is 0.413 e. The van der Waals surface area contributed by atoms with Gasteiger partial charge in [0.2, 0.25) is 0 Å².